The van der Waals surface area contributed by atoms with Crippen molar-refractivity contribution < 1.29 is 0 Å². The summed E-state index contributed by atoms with van der Waals surface area (Å²) in [4.78, 5) is 1.16. The van der Waals surface area contributed by atoms with E-state index < -0.39 is 0 Å². The van der Waals surface area contributed by atoms with E-state index in [1.165, 1.54) is 54.4 Å². The van der Waals surface area contributed by atoms with Crippen LogP contribution in [0.2, 0.25) is 0 Å². The molecule has 0 spiro atoms. The van der Waals surface area contributed by atoms with Gasteiger partial charge in [-0.2, -0.15) is 0 Å². The van der Waals surface area contributed by atoms with Crippen LogP contribution in [-0.4, -0.2) is 0 Å². The molecule has 0 saturated heterocycles. The highest BCUT2D eigenvalue weighted by Gasteiger charge is 2.48. The van der Waals surface area contributed by atoms with Crippen molar-refractivity contribution in [1.82, 2.24) is 0 Å². The van der Waals surface area contributed by atoms with Gasteiger partial charge in [-0.1, -0.05) is 62.0 Å². The quantitative estimate of drug-likeness (QED) is 0.453. The van der Waals surface area contributed by atoms with Gasteiger partial charge in [-0.05, 0) is 128 Å². The molecule has 3 aliphatic carbocycles. The lowest BCUT2D eigenvalue weighted by atomic mass is 9.69. The summed E-state index contributed by atoms with van der Waals surface area (Å²) in [6.45, 7) is 14.9. The number of benzene rings is 2. The number of aryl methyl sites for hydroxylation is 2. The molecule has 2 fully saturated rings. The predicted octanol–water partition coefficient (Wildman–Crippen LogP) is 8.52. The molecule has 33 heavy (non-hydrogen) atoms. The summed E-state index contributed by atoms with van der Waals surface area (Å²) in [7, 11) is 0. The number of rotatable bonds is 5. The van der Waals surface area contributed by atoms with Crippen LogP contribution < -0.4 is 5.73 Å². The molecule has 2 aromatic rings. The summed E-state index contributed by atoms with van der Waals surface area (Å²) in [5, 5.41) is 2.28. The van der Waals surface area contributed by atoms with E-state index >= 15 is 0 Å². The predicted molar refractivity (Wildman–Crippen MR) is 147 cm³/mol. The van der Waals surface area contributed by atoms with Crippen LogP contribution in [0.4, 0.5) is 5.69 Å². The van der Waals surface area contributed by atoms with Gasteiger partial charge in [-0.3, -0.25) is 0 Å². The van der Waals surface area contributed by atoms with Gasteiger partial charge in [0.15, 0.2) is 0 Å². The van der Waals surface area contributed by atoms with E-state index in [2.05, 4.69) is 63.1 Å². The number of anilines is 1. The minimum absolute atomic E-state index is 0.884. The Labute approximate surface area is 205 Å². The van der Waals surface area contributed by atoms with Crippen LogP contribution in [0.25, 0.3) is 4.91 Å². The number of nitrogen functional groups attached to an aromatic ring is 1. The molecule has 3 aliphatic rings. The van der Waals surface area contributed by atoms with Gasteiger partial charge in [0.2, 0.25) is 0 Å². The van der Waals surface area contributed by atoms with Gasteiger partial charge < -0.3 is 5.73 Å². The molecule has 0 radical (unpaired) electrons. The molecule has 2 heteroatoms. The fraction of sp³-hybridized carbons (Fsp3) is 0.484. The molecule has 0 aromatic heterocycles. The Kier molecular flexibility index (Phi) is 7.43. The smallest absolute Gasteiger partial charge is 0.0346 e. The van der Waals surface area contributed by atoms with Crippen LogP contribution in [0.3, 0.4) is 0 Å². The SMILES string of the molecule is C=C(S/C=C(\C)Cc1cc(C)c(N)cc1C)c1ccc2c(c1)CC1C3CCC(C3)C1C2.CC. The maximum atomic E-state index is 6.05. The normalized spacial score (nSPS) is 25.2. The van der Waals surface area contributed by atoms with E-state index in [1.54, 1.807) is 22.9 Å². The second kappa shape index (κ2) is 10.1. The van der Waals surface area contributed by atoms with Gasteiger partial charge in [0.1, 0.15) is 0 Å². The van der Waals surface area contributed by atoms with Crippen molar-refractivity contribution in [2.45, 2.75) is 73.1 Å². The molecule has 4 atom stereocenters. The molecule has 2 bridgehead atoms. The zero-order chi connectivity index (χ0) is 23.7. The molecule has 5 rings (SSSR count). The molecule has 2 aromatic carbocycles. The standard InChI is InChI=1S/C29H35NS.C2H6/c1-17(9-25-10-19(3)29(30)11-18(25)2)16-31-20(4)21-5-6-22-14-27-23-7-8-24(13-23)28(27)15-26(22)12-21;1-2/h5-6,10-12,16,23-24,27-28H,4,7-9,13-15,30H2,1-3H3;1-2H3/b17-16+;. The molecular formula is C31H41NS. The van der Waals surface area contributed by atoms with Crippen molar-refractivity contribution in [1.29, 1.82) is 0 Å². The van der Waals surface area contributed by atoms with Gasteiger partial charge >= 0.3 is 0 Å². The monoisotopic (exact) mass is 459 g/mol. The number of hydrogen-bond donors (Lipinski definition) is 1. The molecule has 0 amide bonds. The van der Waals surface area contributed by atoms with Crippen LogP contribution >= 0.6 is 11.8 Å². The largest absolute Gasteiger partial charge is 0.399 e. The highest BCUT2D eigenvalue weighted by molar-refractivity contribution is 8.10. The molecule has 2 saturated carbocycles. The molecule has 4 unspecified atom stereocenters. The highest BCUT2D eigenvalue weighted by Crippen LogP contribution is 2.56. The summed E-state index contributed by atoms with van der Waals surface area (Å²) in [6, 6.07) is 11.5. The van der Waals surface area contributed by atoms with Crippen molar-refractivity contribution in [2.24, 2.45) is 23.7 Å². The first-order chi connectivity index (χ1) is 15.9. The number of allylic oxidation sites excluding steroid dienone is 1. The lowest BCUT2D eigenvalue weighted by Crippen LogP contribution is -2.30. The summed E-state index contributed by atoms with van der Waals surface area (Å²) in [5.74, 6) is 3.96. The fourth-order valence-electron chi connectivity index (χ4n) is 6.53. The summed E-state index contributed by atoms with van der Waals surface area (Å²) < 4.78 is 0. The number of fused-ring (bicyclic) bond motifs is 6. The molecule has 176 valence electrons. The maximum absolute atomic E-state index is 6.05. The Balaban J connectivity index is 0.00000126. The molecule has 2 N–H and O–H groups in total. The highest BCUT2D eigenvalue weighted by atomic mass is 32.2. The van der Waals surface area contributed by atoms with E-state index in [4.69, 9.17) is 5.73 Å². The molecule has 0 heterocycles. The topological polar surface area (TPSA) is 26.0 Å². The van der Waals surface area contributed by atoms with Crippen LogP contribution in [0.1, 0.15) is 73.4 Å². The Morgan fingerprint density at radius 1 is 1.00 bits per heavy atom. The second-order valence-corrected chi connectivity index (χ2v) is 11.3. The third kappa shape index (κ3) is 4.97. The Bertz CT molecular complexity index is 1060. The average molecular weight is 460 g/mol. The Morgan fingerprint density at radius 2 is 1.67 bits per heavy atom. The van der Waals surface area contributed by atoms with Gasteiger partial charge in [0.25, 0.3) is 0 Å². The minimum Gasteiger partial charge on any atom is -0.399 e. The number of thioether (sulfide) groups is 1. The Morgan fingerprint density at radius 3 is 2.36 bits per heavy atom. The lowest BCUT2D eigenvalue weighted by molar-refractivity contribution is 0.205. The second-order valence-electron chi connectivity index (χ2n) is 10.4. The van der Waals surface area contributed by atoms with Gasteiger partial charge in [-0.25, -0.2) is 0 Å². The van der Waals surface area contributed by atoms with E-state index in [-0.39, 0.29) is 0 Å². The van der Waals surface area contributed by atoms with Gasteiger partial charge in [-0.15, -0.1) is 0 Å². The van der Waals surface area contributed by atoms with Crippen LogP contribution in [0.15, 0.2) is 47.9 Å². The minimum atomic E-state index is 0.884. The van der Waals surface area contributed by atoms with E-state index in [9.17, 15) is 0 Å². The molecule has 1 nitrogen and oxygen atoms in total. The first-order valence-electron chi connectivity index (χ1n) is 12.9. The number of nitrogens with two attached hydrogens (primary N) is 1. The van der Waals surface area contributed by atoms with E-state index in [0.717, 1.165) is 46.2 Å². The third-order valence-corrected chi connectivity index (χ3v) is 9.35. The summed E-state index contributed by atoms with van der Waals surface area (Å²) in [6.07, 6.45) is 8.07. The molecular weight excluding hydrogens is 418 g/mol. The first-order valence-corrected chi connectivity index (χ1v) is 13.8. The van der Waals surface area contributed by atoms with Crippen molar-refractivity contribution >= 4 is 22.4 Å². The summed E-state index contributed by atoms with van der Waals surface area (Å²) in [5.41, 5.74) is 16.6. The van der Waals surface area contributed by atoms with Crippen LogP contribution in [-0.2, 0) is 19.3 Å². The van der Waals surface area contributed by atoms with Gasteiger partial charge in [0.05, 0.1) is 0 Å². The van der Waals surface area contributed by atoms with Crippen molar-refractivity contribution in [3.05, 3.63) is 81.3 Å². The lowest BCUT2D eigenvalue weighted by Gasteiger charge is -2.36. The fourth-order valence-corrected chi connectivity index (χ4v) is 7.22. The third-order valence-electron chi connectivity index (χ3n) is 8.31. The molecule has 0 aliphatic heterocycles. The van der Waals surface area contributed by atoms with E-state index in [1.807, 2.05) is 13.8 Å². The van der Waals surface area contributed by atoms with Crippen molar-refractivity contribution in [3.63, 3.8) is 0 Å². The maximum Gasteiger partial charge on any atom is 0.0346 e. The average Bonchev–Trinajstić information content (AvgIpc) is 3.43. The zero-order valence-electron chi connectivity index (χ0n) is 21.2. The van der Waals surface area contributed by atoms with Crippen molar-refractivity contribution in [2.75, 3.05) is 5.73 Å². The summed E-state index contributed by atoms with van der Waals surface area (Å²) >= 11 is 1.77. The van der Waals surface area contributed by atoms with Crippen LogP contribution in [0.5, 0.6) is 0 Å². The Hall–Kier alpha value is -1.93. The first kappa shape index (κ1) is 24.2. The van der Waals surface area contributed by atoms with E-state index in [0.29, 0.717) is 0 Å². The van der Waals surface area contributed by atoms with Crippen molar-refractivity contribution in [3.8, 4) is 0 Å². The van der Waals surface area contributed by atoms with Crippen LogP contribution in [0, 0.1) is 37.5 Å². The zero-order valence-corrected chi connectivity index (χ0v) is 22.0. The van der Waals surface area contributed by atoms with Gasteiger partial charge in [0, 0.05) is 10.6 Å². The number of hydrogen-bond acceptors (Lipinski definition) is 2.